The highest BCUT2D eigenvalue weighted by atomic mass is 19.1. The molecule has 0 radical (unpaired) electrons. The van der Waals surface area contributed by atoms with Gasteiger partial charge >= 0.3 is 0 Å². The lowest BCUT2D eigenvalue weighted by Crippen LogP contribution is -2.35. The van der Waals surface area contributed by atoms with Crippen molar-refractivity contribution in [2.45, 2.75) is 25.0 Å². The molecule has 0 aliphatic carbocycles. The highest BCUT2D eigenvalue weighted by Gasteiger charge is 2.21. The lowest BCUT2D eigenvalue weighted by molar-refractivity contribution is 0.106. The molecule has 1 heterocycles. The molecular formula is C6H12FNO. The van der Waals surface area contributed by atoms with E-state index in [1.165, 1.54) is 0 Å². The number of halogens is 1. The van der Waals surface area contributed by atoms with Crippen LogP contribution in [0.4, 0.5) is 4.39 Å². The molecular weight excluding hydrogens is 121 g/mol. The fourth-order valence-electron chi connectivity index (χ4n) is 1.15. The predicted octanol–water partition coefficient (Wildman–Crippen LogP) is 0.0688. The van der Waals surface area contributed by atoms with Crippen LogP contribution in [0.25, 0.3) is 0 Å². The number of rotatable bonds is 2. The summed E-state index contributed by atoms with van der Waals surface area (Å²) < 4.78 is 11.7. The summed E-state index contributed by atoms with van der Waals surface area (Å²) in [6.45, 7) is 0.291. The molecule has 9 heavy (non-hydrogen) atoms. The summed E-state index contributed by atoms with van der Waals surface area (Å²) in [5, 5.41) is 11.9. The van der Waals surface area contributed by atoms with Gasteiger partial charge in [-0.05, 0) is 19.4 Å². The molecule has 1 aliphatic heterocycles. The fourth-order valence-corrected chi connectivity index (χ4v) is 1.15. The van der Waals surface area contributed by atoms with Crippen LogP contribution in [0.2, 0.25) is 0 Å². The van der Waals surface area contributed by atoms with Crippen LogP contribution in [-0.2, 0) is 0 Å². The van der Waals surface area contributed by atoms with Gasteiger partial charge in [0.15, 0.2) is 0 Å². The molecule has 54 valence electrons. The Balaban J connectivity index is 2.24. The van der Waals surface area contributed by atoms with Gasteiger partial charge in [-0.2, -0.15) is 0 Å². The van der Waals surface area contributed by atoms with Crippen molar-refractivity contribution in [3.63, 3.8) is 0 Å². The van der Waals surface area contributed by atoms with Crippen molar-refractivity contribution >= 4 is 0 Å². The summed E-state index contributed by atoms with van der Waals surface area (Å²) in [6, 6.07) is 0.00926. The van der Waals surface area contributed by atoms with Crippen LogP contribution in [0.1, 0.15) is 12.8 Å². The van der Waals surface area contributed by atoms with Crippen molar-refractivity contribution in [1.82, 2.24) is 5.32 Å². The minimum absolute atomic E-state index is 0.00926. The van der Waals surface area contributed by atoms with E-state index in [4.69, 9.17) is 5.11 Å². The van der Waals surface area contributed by atoms with Gasteiger partial charge in [-0.15, -0.1) is 0 Å². The van der Waals surface area contributed by atoms with Crippen molar-refractivity contribution in [3.8, 4) is 0 Å². The van der Waals surface area contributed by atoms with Crippen LogP contribution in [0, 0.1) is 0 Å². The first-order valence-corrected chi connectivity index (χ1v) is 3.32. The van der Waals surface area contributed by atoms with E-state index < -0.39 is 12.8 Å². The SMILES string of the molecule is O[C@H](CF)[C@@H]1CCCN1. The zero-order valence-electron chi connectivity index (χ0n) is 5.31. The number of hydrogen-bond donors (Lipinski definition) is 2. The Morgan fingerprint density at radius 1 is 1.78 bits per heavy atom. The number of alkyl halides is 1. The monoisotopic (exact) mass is 133 g/mol. The van der Waals surface area contributed by atoms with Gasteiger partial charge in [0.1, 0.15) is 6.67 Å². The smallest absolute Gasteiger partial charge is 0.117 e. The highest BCUT2D eigenvalue weighted by molar-refractivity contribution is 4.80. The topological polar surface area (TPSA) is 32.3 Å². The molecule has 1 saturated heterocycles. The number of aliphatic hydroxyl groups is 1. The fraction of sp³-hybridized carbons (Fsp3) is 1.00. The van der Waals surface area contributed by atoms with Crippen molar-refractivity contribution in [1.29, 1.82) is 0 Å². The lowest BCUT2D eigenvalue weighted by Gasteiger charge is -2.13. The Labute approximate surface area is 54.1 Å². The first-order chi connectivity index (χ1) is 4.34. The second-order valence-corrected chi connectivity index (χ2v) is 2.42. The minimum Gasteiger partial charge on any atom is -0.389 e. The molecule has 1 fully saturated rings. The van der Waals surface area contributed by atoms with E-state index in [0.29, 0.717) is 0 Å². The Morgan fingerprint density at radius 2 is 2.56 bits per heavy atom. The molecule has 0 saturated carbocycles. The summed E-state index contributed by atoms with van der Waals surface area (Å²) in [4.78, 5) is 0. The van der Waals surface area contributed by atoms with Gasteiger partial charge in [-0.25, -0.2) is 4.39 Å². The number of aliphatic hydroxyl groups excluding tert-OH is 1. The Kier molecular flexibility index (Phi) is 2.42. The summed E-state index contributed by atoms with van der Waals surface area (Å²) in [5.41, 5.74) is 0. The van der Waals surface area contributed by atoms with Crippen molar-refractivity contribution in [2.75, 3.05) is 13.2 Å². The molecule has 0 aromatic carbocycles. The van der Waals surface area contributed by atoms with Crippen LogP contribution < -0.4 is 5.32 Å². The molecule has 3 heteroatoms. The molecule has 2 N–H and O–H groups in total. The Hall–Kier alpha value is -0.150. The molecule has 1 rings (SSSR count). The van der Waals surface area contributed by atoms with Crippen LogP contribution >= 0.6 is 0 Å². The van der Waals surface area contributed by atoms with E-state index in [-0.39, 0.29) is 6.04 Å². The van der Waals surface area contributed by atoms with E-state index in [9.17, 15) is 4.39 Å². The predicted molar refractivity (Wildman–Crippen MR) is 33.0 cm³/mol. The molecule has 2 atom stereocenters. The molecule has 1 aliphatic rings. The van der Waals surface area contributed by atoms with Gasteiger partial charge < -0.3 is 10.4 Å². The van der Waals surface area contributed by atoms with Gasteiger partial charge in [-0.1, -0.05) is 0 Å². The van der Waals surface area contributed by atoms with Crippen LogP contribution in [0.3, 0.4) is 0 Å². The zero-order chi connectivity index (χ0) is 6.69. The minimum atomic E-state index is -0.785. The van der Waals surface area contributed by atoms with Crippen LogP contribution in [0.5, 0.6) is 0 Å². The molecule has 0 spiro atoms. The maximum Gasteiger partial charge on any atom is 0.117 e. The molecule has 0 unspecified atom stereocenters. The van der Waals surface area contributed by atoms with Crippen molar-refractivity contribution in [2.24, 2.45) is 0 Å². The molecule has 2 nitrogen and oxygen atoms in total. The molecule has 0 aromatic rings. The maximum absolute atomic E-state index is 11.7. The second kappa shape index (κ2) is 3.13. The van der Waals surface area contributed by atoms with Gasteiger partial charge in [0, 0.05) is 6.04 Å². The summed E-state index contributed by atoms with van der Waals surface area (Å²) >= 11 is 0. The van der Waals surface area contributed by atoms with E-state index >= 15 is 0 Å². The maximum atomic E-state index is 11.7. The zero-order valence-corrected chi connectivity index (χ0v) is 5.31. The summed E-state index contributed by atoms with van der Waals surface area (Å²) in [6.07, 6.45) is 1.18. The quantitative estimate of drug-likeness (QED) is 0.558. The van der Waals surface area contributed by atoms with E-state index in [1.807, 2.05) is 0 Å². The van der Waals surface area contributed by atoms with Crippen LogP contribution in [0.15, 0.2) is 0 Å². The third kappa shape index (κ3) is 1.63. The number of hydrogen-bond acceptors (Lipinski definition) is 2. The summed E-state index contributed by atoms with van der Waals surface area (Å²) in [5.74, 6) is 0. The second-order valence-electron chi connectivity index (χ2n) is 2.42. The largest absolute Gasteiger partial charge is 0.389 e. The molecule has 0 bridgehead atoms. The van der Waals surface area contributed by atoms with Crippen molar-refractivity contribution in [3.05, 3.63) is 0 Å². The lowest BCUT2D eigenvalue weighted by atomic mass is 10.1. The third-order valence-electron chi connectivity index (χ3n) is 1.72. The average molecular weight is 133 g/mol. The van der Waals surface area contributed by atoms with Gasteiger partial charge in [0.2, 0.25) is 0 Å². The van der Waals surface area contributed by atoms with Crippen molar-refractivity contribution < 1.29 is 9.50 Å². The highest BCUT2D eigenvalue weighted by Crippen LogP contribution is 2.08. The normalized spacial score (nSPS) is 30.7. The first kappa shape index (κ1) is 6.96. The Morgan fingerprint density at radius 3 is 3.00 bits per heavy atom. The average Bonchev–Trinajstić information content (AvgIpc) is 2.37. The van der Waals surface area contributed by atoms with Gasteiger partial charge in [0.25, 0.3) is 0 Å². The third-order valence-corrected chi connectivity index (χ3v) is 1.72. The number of nitrogens with one attached hydrogen (secondary N) is 1. The van der Waals surface area contributed by atoms with Gasteiger partial charge in [-0.3, -0.25) is 0 Å². The van der Waals surface area contributed by atoms with E-state index in [0.717, 1.165) is 19.4 Å². The summed E-state index contributed by atoms with van der Waals surface area (Å²) in [7, 11) is 0. The van der Waals surface area contributed by atoms with E-state index in [1.54, 1.807) is 0 Å². The molecule has 0 amide bonds. The standard InChI is InChI=1S/C6H12FNO/c7-4-6(9)5-2-1-3-8-5/h5-6,8-9H,1-4H2/t5-,6+/m0/s1. The first-order valence-electron chi connectivity index (χ1n) is 3.32. The molecule has 0 aromatic heterocycles. The Bertz CT molecular complexity index is 83.1. The van der Waals surface area contributed by atoms with E-state index in [2.05, 4.69) is 5.32 Å². The van der Waals surface area contributed by atoms with Gasteiger partial charge in [0.05, 0.1) is 6.10 Å². The van der Waals surface area contributed by atoms with Crippen LogP contribution in [-0.4, -0.2) is 30.5 Å².